The van der Waals surface area contributed by atoms with Gasteiger partial charge in [-0.1, -0.05) is 12.1 Å². The summed E-state index contributed by atoms with van der Waals surface area (Å²) in [6.07, 6.45) is 5.58. The molecule has 2 aliphatic rings. The largest absolute Gasteiger partial charge is 0.378 e. The smallest absolute Gasteiger partial charge is 0.251 e. The minimum atomic E-state index is -0.114. The van der Waals surface area contributed by atoms with E-state index in [-0.39, 0.29) is 5.91 Å². The first kappa shape index (κ1) is 22.5. The van der Waals surface area contributed by atoms with E-state index in [2.05, 4.69) is 43.5 Å². The number of nitrogens with one attached hydrogen (secondary N) is 2. The average Bonchev–Trinajstić information content (AvgIpc) is 3.30. The average molecular weight is 484 g/mol. The summed E-state index contributed by atoms with van der Waals surface area (Å²) in [4.78, 5) is 23.8. The topological polar surface area (TPSA) is 97.2 Å². The highest BCUT2D eigenvalue weighted by atomic mass is 16.5. The second-order valence-corrected chi connectivity index (χ2v) is 9.27. The maximum absolute atomic E-state index is 11.9. The molecular weight excluding hydrogens is 454 g/mol. The molecule has 3 heterocycles. The molecule has 0 atom stereocenters. The molecule has 0 bridgehead atoms. The predicted octanol–water partition coefficient (Wildman–Crippen LogP) is 4.16. The van der Waals surface area contributed by atoms with Crippen LogP contribution in [-0.4, -0.2) is 59.0 Å². The number of nitrogens with zero attached hydrogens (tertiary/aromatic N) is 5. The lowest BCUT2D eigenvalue weighted by Gasteiger charge is -2.27. The first-order valence-corrected chi connectivity index (χ1v) is 12.5. The van der Waals surface area contributed by atoms with E-state index >= 15 is 0 Å². The molecule has 9 nitrogen and oxygen atoms in total. The van der Waals surface area contributed by atoms with Crippen molar-refractivity contribution < 1.29 is 9.53 Å². The Morgan fingerprint density at radius 1 is 1.03 bits per heavy atom. The highest BCUT2D eigenvalue weighted by Crippen LogP contribution is 2.35. The fraction of sp³-hybridized carbons (Fsp3) is 0.333. The molecule has 1 saturated carbocycles. The molecule has 36 heavy (non-hydrogen) atoms. The molecule has 2 N–H and O–H groups in total. The Balaban J connectivity index is 1.37. The standard InChI is InChI=1S/C27H29N7O2/c1-28-26(35)18-7-9-21(10-8-18)30-25-16-23(31-27(32-25)33-11-13-36-14-12-33)19-5-6-20-17-29-34(24(20)15-19)22-3-2-4-22/h5-10,15-17,22H,2-4,11-14H2,1H3,(H,28,35)(H,30,31,32). The van der Waals surface area contributed by atoms with Gasteiger partial charge < -0.3 is 20.3 Å². The lowest BCUT2D eigenvalue weighted by Crippen LogP contribution is -2.37. The Bertz CT molecular complexity index is 1390. The summed E-state index contributed by atoms with van der Waals surface area (Å²) in [6.45, 7) is 2.81. The zero-order chi connectivity index (χ0) is 24.5. The summed E-state index contributed by atoms with van der Waals surface area (Å²) in [5.41, 5.74) is 4.47. The molecule has 6 rings (SSSR count). The van der Waals surface area contributed by atoms with E-state index in [0.29, 0.717) is 36.6 Å². The Morgan fingerprint density at radius 3 is 2.56 bits per heavy atom. The van der Waals surface area contributed by atoms with Gasteiger partial charge in [0.15, 0.2) is 0 Å². The predicted molar refractivity (Wildman–Crippen MR) is 140 cm³/mol. The SMILES string of the molecule is CNC(=O)c1ccc(Nc2cc(-c3ccc4cnn(C5CCC5)c4c3)nc(N3CCOCC3)n2)cc1. The van der Waals surface area contributed by atoms with Gasteiger partial charge in [-0.3, -0.25) is 9.48 Å². The summed E-state index contributed by atoms with van der Waals surface area (Å²) >= 11 is 0. The maximum Gasteiger partial charge on any atom is 0.251 e. The normalized spacial score (nSPS) is 16.1. The summed E-state index contributed by atoms with van der Waals surface area (Å²) in [5, 5.41) is 11.9. The van der Waals surface area contributed by atoms with Crippen LogP contribution in [0.25, 0.3) is 22.2 Å². The van der Waals surface area contributed by atoms with Gasteiger partial charge in [0.05, 0.1) is 36.7 Å². The molecule has 4 aromatic rings. The van der Waals surface area contributed by atoms with Crippen molar-refractivity contribution in [1.29, 1.82) is 0 Å². The van der Waals surface area contributed by atoms with E-state index in [9.17, 15) is 4.79 Å². The first-order chi connectivity index (χ1) is 17.7. The number of aromatic nitrogens is 4. The van der Waals surface area contributed by atoms with Crippen molar-refractivity contribution in [2.45, 2.75) is 25.3 Å². The van der Waals surface area contributed by atoms with Crippen LogP contribution >= 0.6 is 0 Å². The number of rotatable bonds is 6. The Kier molecular flexibility index (Phi) is 5.98. The highest BCUT2D eigenvalue weighted by Gasteiger charge is 2.22. The highest BCUT2D eigenvalue weighted by molar-refractivity contribution is 5.94. The number of carbonyl (C=O) groups is 1. The quantitative estimate of drug-likeness (QED) is 0.425. The van der Waals surface area contributed by atoms with E-state index in [1.54, 1.807) is 19.2 Å². The van der Waals surface area contributed by atoms with Gasteiger partial charge in [0.25, 0.3) is 5.91 Å². The molecule has 9 heteroatoms. The molecule has 1 aliphatic heterocycles. The number of morpholine rings is 1. The Morgan fingerprint density at radius 2 is 1.83 bits per heavy atom. The lowest BCUT2D eigenvalue weighted by atomic mass is 9.93. The van der Waals surface area contributed by atoms with Crippen molar-refractivity contribution in [1.82, 2.24) is 25.1 Å². The van der Waals surface area contributed by atoms with Crippen LogP contribution in [0.5, 0.6) is 0 Å². The van der Waals surface area contributed by atoms with E-state index in [4.69, 9.17) is 14.7 Å². The molecule has 2 fully saturated rings. The van der Waals surface area contributed by atoms with E-state index in [1.807, 2.05) is 24.4 Å². The summed E-state index contributed by atoms with van der Waals surface area (Å²) in [6, 6.07) is 16.2. The van der Waals surface area contributed by atoms with Gasteiger partial charge in [-0.15, -0.1) is 0 Å². The van der Waals surface area contributed by atoms with Crippen molar-refractivity contribution >= 4 is 34.3 Å². The van der Waals surface area contributed by atoms with Gasteiger partial charge >= 0.3 is 0 Å². The molecule has 2 aromatic heterocycles. The third kappa shape index (κ3) is 4.37. The summed E-state index contributed by atoms with van der Waals surface area (Å²) < 4.78 is 7.70. The van der Waals surface area contributed by atoms with E-state index in [1.165, 1.54) is 19.3 Å². The van der Waals surface area contributed by atoms with E-state index in [0.717, 1.165) is 40.9 Å². The molecule has 1 saturated heterocycles. The number of amides is 1. The van der Waals surface area contributed by atoms with Gasteiger partial charge in [0.2, 0.25) is 5.95 Å². The molecule has 184 valence electrons. The van der Waals surface area contributed by atoms with Crippen molar-refractivity contribution in [2.75, 3.05) is 43.6 Å². The van der Waals surface area contributed by atoms with Crippen LogP contribution in [0.3, 0.4) is 0 Å². The van der Waals surface area contributed by atoms with Crippen LogP contribution in [0.2, 0.25) is 0 Å². The molecule has 0 radical (unpaired) electrons. The lowest BCUT2D eigenvalue weighted by molar-refractivity contribution is 0.0963. The van der Waals surface area contributed by atoms with Crippen LogP contribution in [0, 0.1) is 0 Å². The van der Waals surface area contributed by atoms with Crippen LogP contribution in [0.15, 0.2) is 54.7 Å². The minimum Gasteiger partial charge on any atom is -0.378 e. The zero-order valence-electron chi connectivity index (χ0n) is 20.3. The molecule has 2 aromatic carbocycles. The van der Waals surface area contributed by atoms with Crippen molar-refractivity contribution in [3.8, 4) is 11.3 Å². The Labute approximate surface area is 209 Å². The van der Waals surface area contributed by atoms with Crippen molar-refractivity contribution in [3.63, 3.8) is 0 Å². The molecule has 1 amide bonds. The second kappa shape index (κ2) is 9.58. The van der Waals surface area contributed by atoms with Gasteiger partial charge in [0.1, 0.15) is 5.82 Å². The van der Waals surface area contributed by atoms with Gasteiger partial charge in [-0.25, -0.2) is 4.98 Å². The second-order valence-electron chi connectivity index (χ2n) is 9.27. The number of ether oxygens (including phenoxy) is 1. The monoisotopic (exact) mass is 483 g/mol. The number of benzene rings is 2. The molecule has 0 spiro atoms. The van der Waals surface area contributed by atoms with Crippen LogP contribution < -0.4 is 15.5 Å². The van der Waals surface area contributed by atoms with Crippen LogP contribution in [0.4, 0.5) is 17.5 Å². The third-order valence-electron chi connectivity index (χ3n) is 6.97. The third-order valence-corrected chi connectivity index (χ3v) is 6.97. The zero-order valence-corrected chi connectivity index (χ0v) is 20.3. The van der Waals surface area contributed by atoms with Gasteiger partial charge in [-0.05, 0) is 49.6 Å². The van der Waals surface area contributed by atoms with Crippen LogP contribution in [-0.2, 0) is 4.74 Å². The fourth-order valence-electron chi connectivity index (χ4n) is 4.67. The summed E-state index contributed by atoms with van der Waals surface area (Å²) in [7, 11) is 1.63. The minimum absolute atomic E-state index is 0.114. The number of anilines is 3. The van der Waals surface area contributed by atoms with Crippen molar-refractivity contribution in [3.05, 3.63) is 60.3 Å². The molecule has 1 aliphatic carbocycles. The maximum atomic E-state index is 11.9. The fourth-order valence-corrected chi connectivity index (χ4v) is 4.67. The molecule has 0 unspecified atom stereocenters. The first-order valence-electron chi connectivity index (χ1n) is 12.5. The van der Waals surface area contributed by atoms with Crippen molar-refractivity contribution in [2.24, 2.45) is 0 Å². The number of fused-ring (bicyclic) bond motifs is 1. The van der Waals surface area contributed by atoms with E-state index < -0.39 is 0 Å². The number of carbonyl (C=O) groups excluding carboxylic acids is 1. The van der Waals surface area contributed by atoms with Crippen LogP contribution in [0.1, 0.15) is 35.7 Å². The molecular formula is C27H29N7O2. The van der Waals surface area contributed by atoms with Gasteiger partial charge in [0, 0.05) is 48.4 Å². The number of hydrogen-bond acceptors (Lipinski definition) is 7. The number of hydrogen-bond donors (Lipinski definition) is 2. The Hall–Kier alpha value is -3.98. The van der Waals surface area contributed by atoms with Gasteiger partial charge in [-0.2, -0.15) is 10.1 Å². The summed E-state index contributed by atoms with van der Waals surface area (Å²) in [5.74, 6) is 1.26.